The number of carbonyl (C=O) groups is 1. The van der Waals surface area contributed by atoms with Crippen LogP contribution in [0.2, 0.25) is 5.02 Å². The molecular weight excluding hydrogens is 334 g/mol. The second-order valence-corrected chi connectivity index (χ2v) is 6.09. The molecule has 0 saturated carbocycles. The number of hydrogen-bond acceptors (Lipinski definition) is 5. The van der Waals surface area contributed by atoms with Crippen molar-refractivity contribution >= 4 is 23.4 Å². The zero-order valence-electron chi connectivity index (χ0n) is 12.6. The quantitative estimate of drug-likeness (QED) is 0.755. The lowest BCUT2D eigenvalue weighted by atomic mass is 9.83. The molecule has 0 amide bonds. The minimum atomic E-state index is -0.626. The summed E-state index contributed by atoms with van der Waals surface area (Å²) in [6, 6.07) is 6.89. The van der Waals surface area contributed by atoms with Gasteiger partial charge in [0.25, 0.3) is 5.56 Å². The summed E-state index contributed by atoms with van der Waals surface area (Å²) < 4.78 is 6.43. The largest absolute Gasteiger partial charge is 0.456 e. The van der Waals surface area contributed by atoms with Crippen LogP contribution in [0.1, 0.15) is 17.0 Å². The lowest BCUT2D eigenvalue weighted by Crippen LogP contribution is -2.37. The minimum Gasteiger partial charge on any atom is -0.456 e. The Bertz CT molecular complexity index is 1020. The number of esters is 1. The van der Waals surface area contributed by atoms with Gasteiger partial charge in [0.05, 0.1) is 22.8 Å². The molecule has 2 aliphatic heterocycles. The smallest absolute Gasteiger partial charge is 0.337 e. The zero-order chi connectivity index (χ0) is 17.0. The zero-order valence-corrected chi connectivity index (χ0v) is 13.3. The van der Waals surface area contributed by atoms with E-state index in [0.717, 1.165) is 5.56 Å². The molecule has 0 saturated heterocycles. The van der Waals surface area contributed by atoms with Crippen molar-refractivity contribution in [2.75, 3.05) is 11.9 Å². The van der Waals surface area contributed by atoms with E-state index in [1.165, 1.54) is 4.57 Å². The van der Waals surface area contributed by atoms with Gasteiger partial charge in [0.1, 0.15) is 12.4 Å². The second-order valence-electron chi connectivity index (χ2n) is 5.66. The van der Waals surface area contributed by atoms with Crippen LogP contribution in [0.15, 0.2) is 45.1 Å². The third-order valence-electron chi connectivity index (χ3n) is 4.30. The molecule has 2 aromatic rings. The molecule has 1 atom stereocenters. The van der Waals surface area contributed by atoms with Crippen LogP contribution in [0.3, 0.4) is 0 Å². The predicted molar refractivity (Wildman–Crippen MR) is 87.2 cm³/mol. The van der Waals surface area contributed by atoms with Gasteiger partial charge in [0, 0.05) is 12.1 Å². The van der Waals surface area contributed by atoms with E-state index in [9.17, 15) is 14.4 Å². The Labute approximate surface area is 140 Å². The van der Waals surface area contributed by atoms with Gasteiger partial charge in [-0.15, -0.1) is 0 Å². The SMILES string of the molecule is Cn1c2c(c(=O)[nH]c1=O)[C@H](c1ccc(Cl)cc1)C1=C(COC1=O)N2. The lowest BCUT2D eigenvalue weighted by molar-refractivity contribution is -0.136. The summed E-state index contributed by atoms with van der Waals surface area (Å²) in [5.41, 5.74) is 0.902. The van der Waals surface area contributed by atoms with Gasteiger partial charge in [-0.1, -0.05) is 23.7 Å². The van der Waals surface area contributed by atoms with Gasteiger partial charge < -0.3 is 10.1 Å². The third kappa shape index (κ3) is 2.01. The van der Waals surface area contributed by atoms with Gasteiger partial charge in [-0.05, 0) is 17.7 Å². The monoisotopic (exact) mass is 345 g/mol. The maximum Gasteiger partial charge on any atom is 0.337 e. The van der Waals surface area contributed by atoms with E-state index in [-0.39, 0.29) is 6.61 Å². The Balaban J connectivity index is 2.04. The van der Waals surface area contributed by atoms with E-state index in [4.69, 9.17) is 16.3 Å². The molecule has 2 N–H and O–H groups in total. The van der Waals surface area contributed by atoms with Gasteiger partial charge in [0.15, 0.2) is 0 Å². The molecule has 8 heteroatoms. The summed E-state index contributed by atoms with van der Waals surface area (Å²) in [5.74, 6) is -0.740. The Morgan fingerprint density at radius 2 is 1.92 bits per heavy atom. The topological polar surface area (TPSA) is 93.2 Å². The molecule has 2 aliphatic rings. The molecule has 0 unspecified atom stereocenters. The van der Waals surface area contributed by atoms with Gasteiger partial charge >= 0.3 is 11.7 Å². The van der Waals surface area contributed by atoms with Crippen LogP contribution in [-0.2, 0) is 16.6 Å². The lowest BCUT2D eigenvalue weighted by Gasteiger charge is -2.27. The van der Waals surface area contributed by atoms with Crippen molar-refractivity contribution in [3.63, 3.8) is 0 Å². The van der Waals surface area contributed by atoms with Crippen molar-refractivity contribution in [3.05, 3.63) is 72.5 Å². The van der Waals surface area contributed by atoms with Gasteiger partial charge in [0.2, 0.25) is 0 Å². The highest BCUT2D eigenvalue weighted by molar-refractivity contribution is 6.30. The number of hydrogen-bond donors (Lipinski definition) is 2. The van der Waals surface area contributed by atoms with Crippen molar-refractivity contribution in [2.45, 2.75) is 5.92 Å². The Morgan fingerprint density at radius 1 is 1.21 bits per heavy atom. The molecule has 122 valence electrons. The third-order valence-corrected chi connectivity index (χ3v) is 4.55. The Hall–Kier alpha value is -2.80. The van der Waals surface area contributed by atoms with Crippen LogP contribution in [0.25, 0.3) is 0 Å². The summed E-state index contributed by atoms with van der Waals surface area (Å²) in [6.45, 7) is 0.0820. The fourth-order valence-electron chi connectivity index (χ4n) is 3.14. The van der Waals surface area contributed by atoms with Crippen molar-refractivity contribution in [1.82, 2.24) is 9.55 Å². The minimum absolute atomic E-state index is 0.0820. The van der Waals surface area contributed by atoms with E-state index in [1.807, 2.05) is 0 Å². The average Bonchev–Trinajstić information content (AvgIpc) is 2.93. The Morgan fingerprint density at radius 3 is 2.62 bits per heavy atom. The van der Waals surface area contributed by atoms with E-state index in [0.29, 0.717) is 27.7 Å². The highest BCUT2D eigenvalue weighted by atomic mass is 35.5. The number of nitrogens with zero attached hydrogens (tertiary/aromatic N) is 1. The highest BCUT2D eigenvalue weighted by Gasteiger charge is 2.41. The van der Waals surface area contributed by atoms with Gasteiger partial charge in [-0.2, -0.15) is 0 Å². The predicted octanol–water partition coefficient (Wildman–Crippen LogP) is 1.10. The number of rotatable bonds is 1. The van der Waals surface area contributed by atoms with E-state index in [2.05, 4.69) is 10.3 Å². The number of halogens is 1. The maximum atomic E-state index is 12.5. The number of nitrogens with one attached hydrogen (secondary N) is 2. The number of aromatic nitrogens is 2. The van der Waals surface area contributed by atoms with Crippen molar-refractivity contribution in [1.29, 1.82) is 0 Å². The number of aromatic amines is 1. The first-order chi connectivity index (χ1) is 11.5. The van der Waals surface area contributed by atoms with Crippen LogP contribution in [0.5, 0.6) is 0 Å². The normalized spacial score (nSPS) is 18.8. The first-order valence-corrected chi connectivity index (χ1v) is 7.61. The average molecular weight is 346 g/mol. The number of carbonyl (C=O) groups excluding carboxylic acids is 1. The second kappa shape index (κ2) is 5.10. The molecule has 0 radical (unpaired) electrons. The van der Waals surface area contributed by atoms with Gasteiger partial charge in [-0.3, -0.25) is 14.3 Å². The molecule has 24 heavy (non-hydrogen) atoms. The summed E-state index contributed by atoms with van der Waals surface area (Å²) in [6.07, 6.45) is 0. The summed E-state index contributed by atoms with van der Waals surface area (Å²) in [7, 11) is 1.55. The molecular formula is C16H12ClN3O4. The molecule has 4 rings (SSSR count). The fourth-order valence-corrected chi connectivity index (χ4v) is 3.27. The summed E-state index contributed by atoms with van der Waals surface area (Å²) in [5, 5.41) is 3.55. The molecule has 0 fully saturated rings. The summed E-state index contributed by atoms with van der Waals surface area (Å²) in [4.78, 5) is 38.9. The number of benzene rings is 1. The molecule has 0 spiro atoms. The number of ether oxygens (including phenoxy) is 1. The van der Waals surface area contributed by atoms with Crippen molar-refractivity contribution in [2.24, 2.45) is 7.05 Å². The molecule has 1 aromatic heterocycles. The molecule has 7 nitrogen and oxygen atoms in total. The number of fused-ring (bicyclic) bond motifs is 1. The molecule has 0 bridgehead atoms. The van der Waals surface area contributed by atoms with E-state index in [1.54, 1.807) is 31.3 Å². The van der Waals surface area contributed by atoms with Gasteiger partial charge in [-0.25, -0.2) is 9.59 Å². The number of cyclic esters (lactones) is 1. The maximum absolute atomic E-state index is 12.5. The first-order valence-electron chi connectivity index (χ1n) is 7.23. The number of anilines is 1. The van der Waals surface area contributed by atoms with Crippen LogP contribution in [0.4, 0.5) is 5.82 Å². The van der Waals surface area contributed by atoms with Crippen LogP contribution >= 0.6 is 11.6 Å². The number of H-pyrrole nitrogens is 1. The molecule has 3 heterocycles. The standard InChI is InChI=1S/C16H12ClN3O4/c1-20-13-12(14(21)19-16(20)23)10(7-2-4-8(17)5-3-7)11-9(18-13)6-24-15(11)22/h2-5,10,18H,6H2,1H3,(H,19,21,23)/t10-/m1/s1. The van der Waals surface area contributed by atoms with Crippen LogP contribution in [-0.4, -0.2) is 22.1 Å². The van der Waals surface area contributed by atoms with Crippen LogP contribution < -0.4 is 16.6 Å². The fraction of sp³-hybridized carbons (Fsp3) is 0.188. The van der Waals surface area contributed by atoms with Crippen LogP contribution in [0, 0.1) is 0 Å². The highest BCUT2D eigenvalue weighted by Crippen LogP contribution is 2.42. The van der Waals surface area contributed by atoms with E-state index >= 15 is 0 Å². The first kappa shape index (κ1) is 14.8. The van der Waals surface area contributed by atoms with E-state index < -0.39 is 23.1 Å². The summed E-state index contributed by atoms with van der Waals surface area (Å²) >= 11 is 5.94. The molecule has 1 aromatic carbocycles. The van der Waals surface area contributed by atoms with Crippen molar-refractivity contribution < 1.29 is 9.53 Å². The Kier molecular flexibility index (Phi) is 3.14. The van der Waals surface area contributed by atoms with Crippen molar-refractivity contribution in [3.8, 4) is 0 Å². The molecule has 0 aliphatic carbocycles.